The maximum Gasteiger partial charge on any atom is 0.361 e. The van der Waals surface area contributed by atoms with Crippen molar-refractivity contribution in [2.45, 2.75) is 26.9 Å². The molecule has 1 atom stereocenters. The summed E-state index contributed by atoms with van der Waals surface area (Å²) in [6.07, 6.45) is -1.04. The first-order chi connectivity index (χ1) is 12.4. The lowest BCUT2D eigenvalue weighted by molar-refractivity contribution is -0.123. The van der Waals surface area contributed by atoms with Crippen LogP contribution in [-0.4, -0.2) is 38.1 Å². The number of anilines is 1. The number of aromatic nitrogens is 4. The molecule has 0 bridgehead atoms. The molecule has 9 heteroatoms. The van der Waals surface area contributed by atoms with Crippen molar-refractivity contribution in [3.05, 3.63) is 53.5 Å². The zero-order valence-electron chi connectivity index (χ0n) is 14.5. The number of hydrogen-bond donors (Lipinski definition) is 1. The second-order valence-corrected chi connectivity index (χ2v) is 5.62. The standard InChI is InChI=1S/C17H17N5O4/c1-10-9-14(21-26-10)18-16(23)12(3)25-17(24)15-11(2)19-22(20-15)13-7-5-4-6-8-13/h4-9,12H,1-3H3,(H,18,21,23)/t12-/m0/s1. The summed E-state index contributed by atoms with van der Waals surface area (Å²) in [4.78, 5) is 25.8. The molecular weight excluding hydrogens is 338 g/mol. The molecule has 0 fully saturated rings. The Morgan fingerprint density at radius 1 is 1.19 bits per heavy atom. The number of hydrogen-bond acceptors (Lipinski definition) is 7. The van der Waals surface area contributed by atoms with E-state index in [1.165, 1.54) is 11.7 Å². The van der Waals surface area contributed by atoms with E-state index < -0.39 is 18.0 Å². The Morgan fingerprint density at radius 3 is 2.58 bits per heavy atom. The number of esters is 1. The highest BCUT2D eigenvalue weighted by Crippen LogP contribution is 2.12. The Bertz CT molecular complexity index is 932. The van der Waals surface area contributed by atoms with Gasteiger partial charge in [-0.25, -0.2) is 4.79 Å². The summed E-state index contributed by atoms with van der Waals surface area (Å²) in [7, 11) is 0. The quantitative estimate of drug-likeness (QED) is 0.697. The number of nitrogens with zero attached hydrogens (tertiary/aromatic N) is 4. The van der Waals surface area contributed by atoms with Crippen LogP contribution in [0.15, 0.2) is 40.9 Å². The summed E-state index contributed by atoms with van der Waals surface area (Å²) in [5.41, 5.74) is 1.16. The molecule has 0 saturated heterocycles. The number of benzene rings is 1. The van der Waals surface area contributed by atoms with E-state index in [1.807, 2.05) is 30.3 Å². The topological polar surface area (TPSA) is 112 Å². The average molecular weight is 355 g/mol. The van der Waals surface area contributed by atoms with Gasteiger partial charge in [-0.3, -0.25) is 4.79 Å². The van der Waals surface area contributed by atoms with Gasteiger partial charge in [0.2, 0.25) is 0 Å². The van der Waals surface area contributed by atoms with Crippen LogP contribution in [0.25, 0.3) is 5.69 Å². The van der Waals surface area contributed by atoms with E-state index in [4.69, 9.17) is 9.26 Å². The number of carbonyl (C=O) groups is 2. The van der Waals surface area contributed by atoms with Gasteiger partial charge in [-0.1, -0.05) is 23.4 Å². The van der Waals surface area contributed by atoms with E-state index in [2.05, 4.69) is 20.7 Å². The van der Waals surface area contributed by atoms with Crippen molar-refractivity contribution in [1.29, 1.82) is 0 Å². The lowest BCUT2D eigenvalue weighted by Crippen LogP contribution is -2.30. The molecule has 0 radical (unpaired) electrons. The number of amides is 1. The molecule has 1 N–H and O–H groups in total. The summed E-state index contributed by atoms with van der Waals surface area (Å²) < 4.78 is 10.0. The van der Waals surface area contributed by atoms with Gasteiger partial charge in [0.1, 0.15) is 5.76 Å². The van der Waals surface area contributed by atoms with E-state index in [1.54, 1.807) is 19.9 Å². The van der Waals surface area contributed by atoms with Crippen LogP contribution >= 0.6 is 0 Å². The molecule has 0 aliphatic carbocycles. The third-order valence-corrected chi connectivity index (χ3v) is 3.49. The fourth-order valence-corrected chi connectivity index (χ4v) is 2.17. The van der Waals surface area contributed by atoms with Crippen LogP contribution in [0.1, 0.15) is 28.9 Å². The summed E-state index contributed by atoms with van der Waals surface area (Å²) >= 11 is 0. The summed E-state index contributed by atoms with van der Waals surface area (Å²) in [5.74, 6) is -0.455. The molecule has 3 aromatic rings. The van der Waals surface area contributed by atoms with Crippen molar-refractivity contribution in [2.75, 3.05) is 5.32 Å². The largest absolute Gasteiger partial charge is 0.448 e. The first kappa shape index (κ1) is 17.3. The molecule has 2 aromatic heterocycles. The van der Waals surface area contributed by atoms with E-state index in [0.717, 1.165) is 0 Å². The van der Waals surface area contributed by atoms with Gasteiger partial charge in [0.25, 0.3) is 5.91 Å². The van der Waals surface area contributed by atoms with Crippen molar-refractivity contribution in [1.82, 2.24) is 20.2 Å². The molecule has 0 spiro atoms. The SMILES string of the molecule is Cc1cc(NC(=O)[C@H](C)OC(=O)c2nn(-c3ccccc3)nc2C)no1. The second kappa shape index (κ2) is 7.18. The smallest absolute Gasteiger partial charge is 0.361 e. The molecule has 134 valence electrons. The Kier molecular flexibility index (Phi) is 4.78. The monoisotopic (exact) mass is 355 g/mol. The van der Waals surface area contributed by atoms with Crippen molar-refractivity contribution < 1.29 is 18.8 Å². The van der Waals surface area contributed by atoms with E-state index in [0.29, 0.717) is 17.1 Å². The normalized spacial score (nSPS) is 11.8. The van der Waals surface area contributed by atoms with Gasteiger partial charge in [-0.15, -0.1) is 5.10 Å². The minimum absolute atomic E-state index is 0.0470. The lowest BCUT2D eigenvalue weighted by atomic mass is 10.3. The van der Waals surface area contributed by atoms with Crippen LogP contribution in [0.5, 0.6) is 0 Å². The van der Waals surface area contributed by atoms with E-state index in [-0.39, 0.29) is 11.5 Å². The third-order valence-electron chi connectivity index (χ3n) is 3.49. The Hall–Kier alpha value is -3.49. The predicted molar refractivity (Wildman–Crippen MR) is 90.8 cm³/mol. The minimum atomic E-state index is -1.04. The Morgan fingerprint density at radius 2 is 1.92 bits per heavy atom. The number of para-hydroxylation sites is 1. The maximum absolute atomic E-state index is 12.3. The highest BCUT2D eigenvalue weighted by atomic mass is 16.5. The van der Waals surface area contributed by atoms with Gasteiger partial charge in [0.05, 0.1) is 11.4 Å². The maximum atomic E-state index is 12.3. The highest BCUT2D eigenvalue weighted by molar-refractivity contribution is 5.96. The van der Waals surface area contributed by atoms with E-state index in [9.17, 15) is 9.59 Å². The minimum Gasteiger partial charge on any atom is -0.448 e. The van der Waals surface area contributed by atoms with Gasteiger partial charge in [-0.05, 0) is 32.9 Å². The summed E-state index contributed by atoms with van der Waals surface area (Å²) in [6.45, 7) is 4.80. The van der Waals surface area contributed by atoms with Crippen LogP contribution in [0, 0.1) is 13.8 Å². The molecule has 9 nitrogen and oxygen atoms in total. The summed E-state index contributed by atoms with van der Waals surface area (Å²) in [6, 6.07) is 10.7. The fraction of sp³-hybridized carbons (Fsp3) is 0.235. The van der Waals surface area contributed by atoms with Crippen molar-refractivity contribution in [3.63, 3.8) is 0 Å². The average Bonchev–Trinajstić information content (AvgIpc) is 3.21. The fourth-order valence-electron chi connectivity index (χ4n) is 2.17. The van der Waals surface area contributed by atoms with Crippen molar-refractivity contribution >= 4 is 17.7 Å². The van der Waals surface area contributed by atoms with Crippen LogP contribution in [0.4, 0.5) is 5.82 Å². The second-order valence-electron chi connectivity index (χ2n) is 5.62. The first-order valence-corrected chi connectivity index (χ1v) is 7.88. The molecule has 3 rings (SSSR count). The molecule has 1 aromatic carbocycles. The Balaban J connectivity index is 1.67. The van der Waals surface area contributed by atoms with Crippen molar-refractivity contribution in [3.8, 4) is 5.69 Å². The molecule has 0 unspecified atom stereocenters. The van der Waals surface area contributed by atoms with Gasteiger partial charge < -0.3 is 14.6 Å². The first-order valence-electron chi connectivity index (χ1n) is 7.88. The van der Waals surface area contributed by atoms with Crippen LogP contribution in [0.3, 0.4) is 0 Å². The number of carbonyl (C=O) groups excluding carboxylic acids is 2. The van der Waals surface area contributed by atoms with Gasteiger partial charge in [0.15, 0.2) is 17.6 Å². The Labute approximate surface area is 148 Å². The van der Waals surface area contributed by atoms with Gasteiger partial charge >= 0.3 is 5.97 Å². The molecule has 1 amide bonds. The third kappa shape index (κ3) is 3.77. The van der Waals surface area contributed by atoms with Gasteiger partial charge in [-0.2, -0.15) is 9.90 Å². The van der Waals surface area contributed by atoms with Gasteiger partial charge in [0, 0.05) is 6.07 Å². The molecule has 26 heavy (non-hydrogen) atoms. The summed E-state index contributed by atoms with van der Waals surface area (Å²) in [5, 5.41) is 14.5. The van der Waals surface area contributed by atoms with Crippen molar-refractivity contribution in [2.24, 2.45) is 0 Å². The van der Waals surface area contributed by atoms with Crippen LogP contribution < -0.4 is 5.32 Å². The molecule has 0 aliphatic heterocycles. The molecule has 2 heterocycles. The number of rotatable bonds is 5. The molecule has 0 aliphatic rings. The number of ether oxygens (including phenoxy) is 1. The zero-order chi connectivity index (χ0) is 18.7. The van der Waals surface area contributed by atoms with E-state index >= 15 is 0 Å². The zero-order valence-corrected chi connectivity index (χ0v) is 14.5. The lowest BCUT2D eigenvalue weighted by Gasteiger charge is -2.11. The van der Waals surface area contributed by atoms with Crippen LogP contribution in [-0.2, 0) is 9.53 Å². The van der Waals surface area contributed by atoms with Crippen LogP contribution in [0.2, 0.25) is 0 Å². The highest BCUT2D eigenvalue weighted by Gasteiger charge is 2.24. The molecule has 0 saturated carbocycles. The number of nitrogens with one attached hydrogen (secondary N) is 1. The number of aryl methyl sites for hydroxylation is 2. The predicted octanol–water partition coefficient (Wildman–Crippen LogP) is 2.06. The molecular formula is C17H17N5O4.